The Morgan fingerprint density at radius 1 is 1.35 bits per heavy atom. The molecule has 0 saturated carbocycles. The van der Waals surface area contributed by atoms with Gasteiger partial charge in [0.25, 0.3) is 0 Å². The minimum absolute atomic E-state index is 0.456. The molecular formula is C14H17NO2. The van der Waals surface area contributed by atoms with Crippen molar-refractivity contribution in [3.05, 3.63) is 30.0 Å². The third-order valence-corrected chi connectivity index (χ3v) is 3.47. The summed E-state index contributed by atoms with van der Waals surface area (Å²) < 4.78 is 10.8. The van der Waals surface area contributed by atoms with Crippen molar-refractivity contribution in [1.82, 2.24) is 5.32 Å². The number of hydrogen-bond donors (Lipinski definition) is 1. The second-order valence-electron chi connectivity index (χ2n) is 4.56. The van der Waals surface area contributed by atoms with Crippen LogP contribution in [0.15, 0.2) is 28.9 Å². The number of fused-ring (bicyclic) bond motifs is 1. The van der Waals surface area contributed by atoms with Gasteiger partial charge in [-0.3, -0.25) is 0 Å². The van der Waals surface area contributed by atoms with E-state index in [9.17, 15) is 0 Å². The Kier molecular flexibility index (Phi) is 2.77. The summed E-state index contributed by atoms with van der Waals surface area (Å²) in [5, 5.41) is 4.67. The van der Waals surface area contributed by atoms with E-state index in [1.807, 2.05) is 6.07 Å². The maximum absolute atomic E-state index is 5.44. The smallest absolute Gasteiger partial charge is 0.175 e. The first-order valence-corrected chi connectivity index (χ1v) is 6.17. The molecular weight excluding hydrogens is 214 g/mol. The highest BCUT2D eigenvalue weighted by atomic mass is 16.5. The lowest BCUT2D eigenvalue weighted by molar-refractivity contribution is 0.398. The van der Waals surface area contributed by atoms with E-state index in [1.54, 1.807) is 13.4 Å². The number of rotatable bonds is 2. The quantitative estimate of drug-likeness (QED) is 0.861. The molecule has 17 heavy (non-hydrogen) atoms. The molecule has 1 N–H and O–H groups in total. The molecule has 0 bridgehead atoms. The molecule has 1 unspecified atom stereocenters. The first kappa shape index (κ1) is 10.7. The molecule has 0 amide bonds. The van der Waals surface area contributed by atoms with Crippen LogP contribution in [0.25, 0.3) is 11.0 Å². The molecule has 0 radical (unpaired) electrons. The number of benzene rings is 1. The Morgan fingerprint density at radius 2 is 2.29 bits per heavy atom. The van der Waals surface area contributed by atoms with Crippen LogP contribution in [0.4, 0.5) is 0 Å². The molecule has 3 rings (SSSR count). The highest BCUT2D eigenvalue weighted by Crippen LogP contribution is 2.33. The van der Waals surface area contributed by atoms with Gasteiger partial charge in [0.1, 0.15) is 0 Å². The summed E-state index contributed by atoms with van der Waals surface area (Å²) in [6, 6.07) is 6.74. The molecule has 3 nitrogen and oxygen atoms in total. The molecule has 90 valence electrons. The summed E-state index contributed by atoms with van der Waals surface area (Å²) in [6.07, 6.45) is 5.49. The monoisotopic (exact) mass is 231 g/mol. The maximum atomic E-state index is 5.44. The maximum Gasteiger partial charge on any atom is 0.175 e. The Morgan fingerprint density at radius 3 is 3.06 bits per heavy atom. The van der Waals surface area contributed by atoms with E-state index in [0.29, 0.717) is 6.04 Å². The molecule has 1 saturated heterocycles. The molecule has 1 aromatic heterocycles. The van der Waals surface area contributed by atoms with Gasteiger partial charge in [-0.1, -0.05) is 6.42 Å². The van der Waals surface area contributed by atoms with Crippen molar-refractivity contribution >= 4 is 11.0 Å². The van der Waals surface area contributed by atoms with Crippen molar-refractivity contribution in [3.63, 3.8) is 0 Å². The molecule has 3 heteroatoms. The highest BCUT2D eigenvalue weighted by molar-refractivity contribution is 5.84. The zero-order valence-corrected chi connectivity index (χ0v) is 10.0. The molecule has 0 spiro atoms. The lowest BCUT2D eigenvalue weighted by atomic mass is 9.96. The predicted molar refractivity (Wildman–Crippen MR) is 67.4 cm³/mol. The summed E-state index contributed by atoms with van der Waals surface area (Å²) in [5.41, 5.74) is 2.14. The Bertz CT molecular complexity index is 512. The van der Waals surface area contributed by atoms with Crippen molar-refractivity contribution in [2.45, 2.75) is 25.3 Å². The van der Waals surface area contributed by atoms with E-state index >= 15 is 0 Å². The molecule has 2 heterocycles. The fraction of sp³-hybridized carbons (Fsp3) is 0.429. The normalized spacial score (nSPS) is 20.6. The molecule has 1 fully saturated rings. The van der Waals surface area contributed by atoms with Crippen LogP contribution in [0, 0.1) is 0 Å². The van der Waals surface area contributed by atoms with E-state index in [2.05, 4.69) is 17.4 Å². The molecule has 0 aliphatic carbocycles. The Hall–Kier alpha value is -1.48. The molecule has 2 aromatic rings. The summed E-state index contributed by atoms with van der Waals surface area (Å²) in [5.74, 6) is 0.829. The van der Waals surface area contributed by atoms with Crippen molar-refractivity contribution < 1.29 is 9.15 Å². The van der Waals surface area contributed by atoms with Gasteiger partial charge < -0.3 is 14.5 Å². The number of nitrogens with one attached hydrogen (secondary N) is 1. The van der Waals surface area contributed by atoms with Crippen LogP contribution in [0.5, 0.6) is 5.75 Å². The number of furan rings is 1. The fourth-order valence-corrected chi connectivity index (χ4v) is 2.56. The van der Waals surface area contributed by atoms with E-state index < -0.39 is 0 Å². The molecule has 1 aromatic carbocycles. The van der Waals surface area contributed by atoms with Crippen molar-refractivity contribution in [2.24, 2.45) is 0 Å². The van der Waals surface area contributed by atoms with E-state index in [0.717, 1.165) is 23.3 Å². The average molecular weight is 231 g/mol. The zero-order chi connectivity index (χ0) is 11.7. The second-order valence-corrected chi connectivity index (χ2v) is 4.56. The van der Waals surface area contributed by atoms with Crippen molar-refractivity contribution in [1.29, 1.82) is 0 Å². The number of hydrogen-bond acceptors (Lipinski definition) is 3. The predicted octanol–water partition coefficient (Wildman–Crippen LogP) is 3.26. The third-order valence-electron chi connectivity index (χ3n) is 3.47. The van der Waals surface area contributed by atoms with Gasteiger partial charge in [0.2, 0.25) is 0 Å². The summed E-state index contributed by atoms with van der Waals surface area (Å²) in [7, 11) is 1.69. The standard InChI is InChI=1S/C14H17NO2/c1-16-13-9-11(12-4-2-3-6-15-12)8-10-5-7-17-14(10)13/h5,7-9,12,15H,2-4,6H2,1H3. The van der Waals surface area contributed by atoms with Crippen LogP contribution in [0.3, 0.4) is 0 Å². The third kappa shape index (κ3) is 1.91. The van der Waals surface area contributed by atoms with Gasteiger partial charge in [-0.05, 0) is 43.1 Å². The van der Waals surface area contributed by atoms with Gasteiger partial charge in [0.05, 0.1) is 13.4 Å². The van der Waals surface area contributed by atoms with Crippen molar-refractivity contribution in [3.8, 4) is 5.75 Å². The van der Waals surface area contributed by atoms with E-state index in [-0.39, 0.29) is 0 Å². The van der Waals surface area contributed by atoms with Gasteiger partial charge in [-0.15, -0.1) is 0 Å². The average Bonchev–Trinajstić information content (AvgIpc) is 2.86. The van der Waals surface area contributed by atoms with Crippen LogP contribution in [0.1, 0.15) is 30.9 Å². The summed E-state index contributed by atoms with van der Waals surface area (Å²) >= 11 is 0. The van der Waals surface area contributed by atoms with Crippen LogP contribution in [-0.4, -0.2) is 13.7 Å². The highest BCUT2D eigenvalue weighted by Gasteiger charge is 2.17. The Balaban J connectivity index is 2.03. The van der Waals surface area contributed by atoms with Gasteiger partial charge >= 0.3 is 0 Å². The fourth-order valence-electron chi connectivity index (χ4n) is 2.56. The van der Waals surface area contributed by atoms with Crippen LogP contribution < -0.4 is 10.1 Å². The Labute approximate surface area is 101 Å². The van der Waals surface area contributed by atoms with Crippen LogP contribution in [0.2, 0.25) is 0 Å². The largest absolute Gasteiger partial charge is 0.493 e. The topological polar surface area (TPSA) is 34.4 Å². The molecule has 1 aliphatic rings. The lowest BCUT2D eigenvalue weighted by Gasteiger charge is -2.24. The van der Waals surface area contributed by atoms with Gasteiger partial charge in [0, 0.05) is 11.4 Å². The van der Waals surface area contributed by atoms with Crippen LogP contribution in [-0.2, 0) is 0 Å². The lowest BCUT2D eigenvalue weighted by Crippen LogP contribution is -2.26. The number of piperidine rings is 1. The molecule has 1 aliphatic heterocycles. The van der Waals surface area contributed by atoms with Gasteiger partial charge in [0.15, 0.2) is 11.3 Å². The zero-order valence-electron chi connectivity index (χ0n) is 10.0. The number of methoxy groups -OCH3 is 1. The van der Waals surface area contributed by atoms with E-state index in [1.165, 1.54) is 24.8 Å². The second kappa shape index (κ2) is 4.41. The van der Waals surface area contributed by atoms with Crippen LogP contribution >= 0.6 is 0 Å². The minimum Gasteiger partial charge on any atom is -0.493 e. The molecule has 1 atom stereocenters. The SMILES string of the molecule is COc1cc(C2CCCCN2)cc2ccoc12. The minimum atomic E-state index is 0.456. The number of ether oxygens (including phenoxy) is 1. The van der Waals surface area contributed by atoms with Crippen molar-refractivity contribution in [2.75, 3.05) is 13.7 Å². The summed E-state index contributed by atoms with van der Waals surface area (Å²) in [6.45, 7) is 1.11. The van der Waals surface area contributed by atoms with E-state index in [4.69, 9.17) is 9.15 Å². The van der Waals surface area contributed by atoms with Gasteiger partial charge in [-0.2, -0.15) is 0 Å². The summed E-state index contributed by atoms with van der Waals surface area (Å²) in [4.78, 5) is 0. The first-order valence-electron chi connectivity index (χ1n) is 6.17. The first-order chi connectivity index (χ1) is 8.38. The van der Waals surface area contributed by atoms with Gasteiger partial charge in [-0.25, -0.2) is 0 Å².